The van der Waals surface area contributed by atoms with E-state index >= 15 is 0 Å². The van der Waals surface area contributed by atoms with Crippen molar-refractivity contribution in [3.05, 3.63) is 82.2 Å². The maximum atomic E-state index is 13.8. The number of carbonyl (C=O) groups excluding carboxylic acids is 2. The first-order chi connectivity index (χ1) is 15.0. The van der Waals surface area contributed by atoms with E-state index in [9.17, 15) is 18.4 Å². The monoisotopic (exact) mass is 440 g/mol. The number of imide groups is 1. The van der Waals surface area contributed by atoms with Crippen LogP contribution in [0.3, 0.4) is 0 Å². The molecule has 2 amide bonds. The van der Waals surface area contributed by atoms with Gasteiger partial charge in [-0.2, -0.15) is 0 Å². The number of hydrogen-bond donors (Lipinski definition) is 1. The van der Waals surface area contributed by atoms with Gasteiger partial charge >= 0.3 is 0 Å². The topological polar surface area (TPSA) is 58.6 Å². The molecule has 0 saturated heterocycles. The predicted molar refractivity (Wildman–Crippen MR) is 116 cm³/mol. The third-order valence-electron chi connectivity index (χ3n) is 4.59. The number of nitrogens with zero attached hydrogens (tertiary/aromatic N) is 1. The van der Waals surface area contributed by atoms with Gasteiger partial charge in [0, 0.05) is 22.7 Å². The van der Waals surface area contributed by atoms with E-state index < -0.39 is 23.4 Å². The second-order valence-corrected chi connectivity index (χ2v) is 7.72. The Labute approximate surface area is 181 Å². The maximum absolute atomic E-state index is 13.8. The van der Waals surface area contributed by atoms with Crippen LogP contribution in [-0.4, -0.2) is 18.4 Å². The molecule has 0 radical (unpaired) electrons. The second kappa shape index (κ2) is 8.69. The quantitative estimate of drug-likeness (QED) is 0.513. The van der Waals surface area contributed by atoms with Gasteiger partial charge < -0.3 is 10.1 Å². The summed E-state index contributed by atoms with van der Waals surface area (Å²) in [4.78, 5) is 27.8. The summed E-state index contributed by atoms with van der Waals surface area (Å²) in [6.07, 6.45) is 0.849. The van der Waals surface area contributed by atoms with Crippen LogP contribution in [0, 0.1) is 11.6 Å². The predicted octanol–water partition coefficient (Wildman–Crippen LogP) is 5.21. The van der Waals surface area contributed by atoms with Crippen molar-refractivity contribution in [2.75, 3.05) is 16.8 Å². The van der Waals surface area contributed by atoms with Crippen molar-refractivity contribution >= 4 is 40.1 Å². The molecule has 31 heavy (non-hydrogen) atoms. The first-order valence-corrected chi connectivity index (χ1v) is 10.5. The first kappa shape index (κ1) is 20.7. The number of rotatable bonds is 7. The van der Waals surface area contributed by atoms with E-state index in [0.29, 0.717) is 22.9 Å². The highest BCUT2D eigenvalue weighted by molar-refractivity contribution is 7.11. The number of hydrogen-bond acceptors (Lipinski definition) is 5. The van der Waals surface area contributed by atoms with E-state index in [2.05, 4.69) is 5.32 Å². The molecule has 0 atom stereocenters. The van der Waals surface area contributed by atoms with Gasteiger partial charge in [0.1, 0.15) is 11.4 Å². The zero-order valence-electron chi connectivity index (χ0n) is 16.5. The van der Waals surface area contributed by atoms with Crippen LogP contribution in [0.4, 0.5) is 20.2 Å². The maximum Gasteiger partial charge on any atom is 0.282 e. The molecule has 0 bridgehead atoms. The van der Waals surface area contributed by atoms with Gasteiger partial charge in [-0.15, -0.1) is 11.3 Å². The Hall–Kier alpha value is -3.52. The lowest BCUT2D eigenvalue weighted by Crippen LogP contribution is -2.32. The molecule has 1 N–H and O–H groups in total. The fraction of sp³-hybridized carbons (Fsp3) is 0.130. The summed E-state index contributed by atoms with van der Waals surface area (Å²) < 4.78 is 32.8. The fourth-order valence-corrected chi connectivity index (χ4v) is 3.95. The van der Waals surface area contributed by atoms with Crippen molar-refractivity contribution in [2.45, 2.75) is 13.3 Å². The van der Waals surface area contributed by atoms with Crippen LogP contribution >= 0.6 is 11.3 Å². The molecule has 5 nitrogen and oxygen atoms in total. The van der Waals surface area contributed by atoms with Gasteiger partial charge in [-0.05, 0) is 42.1 Å². The smallest absolute Gasteiger partial charge is 0.282 e. The molecular formula is C23H18F2N2O3S. The molecule has 8 heteroatoms. The standard InChI is InChI=1S/C23H18F2N2O3S/c1-2-10-30-16-6-3-5-14(12-16)26-21-20(19-7-4-11-31-19)22(28)27(23(21)29)15-8-9-17(24)18(25)13-15/h3-9,11-13,26H,2,10H2,1H3. The number of carbonyl (C=O) groups is 2. The molecule has 3 aromatic rings. The van der Waals surface area contributed by atoms with Gasteiger partial charge in [0.2, 0.25) is 0 Å². The van der Waals surface area contributed by atoms with E-state index in [1.807, 2.05) is 6.92 Å². The van der Waals surface area contributed by atoms with Crippen molar-refractivity contribution < 1.29 is 23.1 Å². The minimum Gasteiger partial charge on any atom is -0.494 e. The molecule has 1 aliphatic rings. The lowest BCUT2D eigenvalue weighted by molar-refractivity contribution is -0.120. The number of nitrogens with one attached hydrogen (secondary N) is 1. The van der Waals surface area contributed by atoms with Crippen LogP contribution in [-0.2, 0) is 9.59 Å². The molecule has 0 aliphatic carbocycles. The molecule has 0 unspecified atom stereocenters. The SMILES string of the molecule is CCCOc1cccc(NC2=C(c3cccs3)C(=O)N(c3ccc(F)c(F)c3)C2=O)c1. The summed E-state index contributed by atoms with van der Waals surface area (Å²) >= 11 is 1.30. The van der Waals surface area contributed by atoms with Crippen molar-refractivity contribution in [2.24, 2.45) is 0 Å². The molecule has 0 spiro atoms. The lowest BCUT2D eigenvalue weighted by atomic mass is 10.2. The largest absolute Gasteiger partial charge is 0.494 e. The van der Waals surface area contributed by atoms with E-state index in [4.69, 9.17) is 4.74 Å². The van der Waals surface area contributed by atoms with Gasteiger partial charge in [-0.3, -0.25) is 9.59 Å². The van der Waals surface area contributed by atoms with E-state index in [1.165, 1.54) is 17.4 Å². The van der Waals surface area contributed by atoms with Gasteiger partial charge in [0.05, 0.1) is 17.9 Å². The Kier molecular flexibility index (Phi) is 5.81. The molecule has 2 heterocycles. The summed E-state index contributed by atoms with van der Waals surface area (Å²) in [5.41, 5.74) is 0.750. The van der Waals surface area contributed by atoms with Crippen LogP contribution < -0.4 is 15.0 Å². The normalized spacial score (nSPS) is 13.8. The van der Waals surface area contributed by atoms with E-state index in [0.717, 1.165) is 23.5 Å². The van der Waals surface area contributed by atoms with Crippen LogP contribution in [0.1, 0.15) is 18.2 Å². The van der Waals surface area contributed by atoms with Crippen molar-refractivity contribution in [1.29, 1.82) is 0 Å². The zero-order valence-corrected chi connectivity index (χ0v) is 17.3. The van der Waals surface area contributed by atoms with Crippen molar-refractivity contribution in [1.82, 2.24) is 0 Å². The van der Waals surface area contributed by atoms with Gasteiger partial charge in [0.25, 0.3) is 11.8 Å². The minimum absolute atomic E-state index is 0.0419. The molecule has 4 rings (SSSR count). The van der Waals surface area contributed by atoms with Gasteiger partial charge in [-0.1, -0.05) is 19.1 Å². The highest BCUT2D eigenvalue weighted by Gasteiger charge is 2.41. The first-order valence-electron chi connectivity index (χ1n) is 9.61. The molecule has 1 aliphatic heterocycles. The average molecular weight is 440 g/mol. The third-order valence-corrected chi connectivity index (χ3v) is 5.48. The summed E-state index contributed by atoms with van der Waals surface area (Å²) in [6.45, 7) is 2.55. The van der Waals surface area contributed by atoms with E-state index in [-0.39, 0.29) is 17.0 Å². The van der Waals surface area contributed by atoms with Crippen LogP contribution in [0.2, 0.25) is 0 Å². The molecule has 0 fully saturated rings. The fourth-order valence-electron chi connectivity index (χ4n) is 3.18. The number of amides is 2. The highest BCUT2D eigenvalue weighted by atomic mass is 32.1. The minimum atomic E-state index is -1.14. The van der Waals surface area contributed by atoms with Crippen molar-refractivity contribution in [3.8, 4) is 5.75 Å². The Morgan fingerprint density at radius 2 is 1.84 bits per heavy atom. The lowest BCUT2D eigenvalue weighted by Gasteiger charge is -2.15. The summed E-state index contributed by atoms with van der Waals surface area (Å²) in [7, 11) is 0. The zero-order chi connectivity index (χ0) is 22.0. The Morgan fingerprint density at radius 3 is 2.55 bits per heavy atom. The Bertz CT molecular complexity index is 1180. The molecular weight excluding hydrogens is 422 g/mol. The van der Waals surface area contributed by atoms with Crippen LogP contribution in [0.5, 0.6) is 5.75 Å². The summed E-state index contributed by atoms with van der Waals surface area (Å²) in [5.74, 6) is -2.84. The molecule has 158 valence electrons. The third kappa shape index (κ3) is 4.06. The van der Waals surface area contributed by atoms with Crippen molar-refractivity contribution in [3.63, 3.8) is 0 Å². The molecule has 0 saturated carbocycles. The Balaban J connectivity index is 1.73. The number of anilines is 2. The van der Waals surface area contributed by atoms with Gasteiger partial charge in [-0.25, -0.2) is 13.7 Å². The summed E-state index contributed by atoms with van der Waals surface area (Å²) in [6, 6.07) is 13.4. The highest BCUT2D eigenvalue weighted by Crippen LogP contribution is 2.36. The molecule has 1 aromatic heterocycles. The van der Waals surface area contributed by atoms with Gasteiger partial charge in [0.15, 0.2) is 11.6 Å². The number of thiophene rings is 1. The number of benzene rings is 2. The average Bonchev–Trinajstić information content (AvgIpc) is 3.36. The molecule has 2 aromatic carbocycles. The van der Waals surface area contributed by atoms with E-state index in [1.54, 1.807) is 41.8 Å². The number of ether oxygens (including phenoxy) is 1. The van der Waals surface area contributed by atoms with Crippen LogP contribution in [0.15, 0.2) is 65.7 Å². The summed E-state index contributed by atoms with van der Waals surface area (Å²) in [5, 5.41) is 4.82. The Morgan fingerprint density at radius 1 is 1.00 bits per heavy atom. The number of halogens is 2. The van der Waals surface area contributed by atoms with Crippen LogP contribution in [0.25, 0.3) is 5.57 Å². The second-order valence-electron chi connectivity index (χ2n) is 6.77.